The van der Waals surface area contributed by atoms with Gasteiger partial charge in [0.1, 0.15) is 24.0 Å². The van der Waals surface area contributed by atoms with E-state index in [1.165, 1.54) is 33.5 Å². The molecule has 3 heterocycles. The van der Waals surface area contributed by atoms with Crippen LogP contribution in [0.15, 0.2) is 36.5 Å². The van der Waals surface area contributed by atoms with E-state index in [1.807, 2.05) is 13.1 Å². The fourth-order valence-corrected chi connectivity index (χ4v) is 4.54. The minimum absolute atomic E-state index is 0.579. The summed E-state index contributed by atoms with van der Waals surface area (Å²) in [6.45, 7) is 4.69. The standard InChI is InChI=1S/C24H22N4O/c1-3-23-27-20-7-5-14-9-19-17-6-4-15(21-11-25-13(2)26-21)8-16(17)12-29-22(19)10-18(14)24(20)28-23/h4,6,8-11H,3,5,7,12H2,1-2H3,(H,25,26)(H,27,28). The molecule has 2 aliphatic rings. The van der Waals surface area contributed by atoms with Crippen LogP contribution < -0.4 is 4.74 Å². The molecule has 0 radical (unpaired) electrons. The number of nitrogens with zero attached hydrogens (tertiary/aromatic N) is 2. The largest absolute Gasteiger partial charge is 0.488 e. The van der Waals surface area contributed by atoms with Gasteiger partial charge in [-0.1, -0.05) is 19.1 Å². The molecular weight excluding hydrogens is 360 g/mol. The van der Waals surface area contributed by atoms with Crippen molar-refractivity contribution in [1.82, 2.24) is 19.9 Å². The maximum Gasteiger partial charge on any atom is 0.128 e. The number of H-pyrrole nitrogens is 2. The molecule has 1 aliphatic heterocycles. The molecule has 0 bridgehead atoms. The van der Waals surface area contributed by atoms with Crippen LogP contribution in [0, 0.1) is 6.92 Å². The fourth-order valence-electron chi connectivity index (χ4n) is 4.54. The fraction of sp³-hybridized carbons (Fsp3) is 0.250. The Kier molecular flexibility index (Phi) is 3.48. The van der Waals surface area contributed by atoms with Crippen LogP contribution in [-0.2, 0) is 25.9 Å². The van der Waals surface area contributed by atoms with Gasteiger partial charge >= 0.3 is 0 Å². The molecule has 5 nitrogen and oxygen atoms in total. The molecule has 4 aromatic rings. The number of fused-ring (bicyclic) bond motifs is 6. The van der Waals surface area contributed by atoms with Crippen molar-refractivity contribution in [3.63, 3.8) is 0 Å². The highest BCUT2D eigenvalue weighted by molar-refractivity contribution is 5.83. The molecule has 0 fully saturated rings. The summed E-state index contributed by atoms with van der Waals surface area (Å²) in [7, 11) is 0. The second kappa shape index (κ2) is 6.08. The maximum absolute atomic E-state index is 6.20. The first-order valence-corrected chi connectivity index (χ1v) is 10.2. The molecule has 144 valence electrons. The summed E-state index contributed by atoms with van der Waals surface area (Å²) in [5.41, 5.74) is 10.8. The van der Waals surface area contributed by atoms with Crippen molar-refractivity contribution in [2.24, 2.45) is 0 Å². The normalized spacial score (nSPS) is 13.9. The molecule has 6 rings (SSSR count). The van der Waals surface area contributed by atoms with Crippen molar-refractivity contribution < 1.29 is 4.74 Å². The number of hydrogen-bond donors (Lipinski definition) is 2. The third-order valence-corrected chi connectivity index (χ3v) is 6.06. The Morgan fingerprint density at radius 3 is 2.76 bits per heavy atom. The van der Waals surface area contributed by atoms with Crippen molar-refractivity contribution in [2.75, 3.05) is 0 Å². The van der Waals surface area contributed by atoms with Crippen LogP contribution in [0.1, 0.15) is 35.4 Å². The monoisotopic (exact) mass is 382 g/mol. The lowest BCUT2D eigenvalue weighted by Crippen LogP contribution is -2.09. The van der Waals surface area contributed by atoms with Gasteiger partial charge in [0.25, 0.3) is 0 Å². The summed E-state index contributed by atoms with van der Waals surface area (Å²) >= 11 is 0. The van der Waals surface area contributed by atoms with Crippen molar-refractivity contribution in [3.8, 4) is 39.4 Å². The molecule has 2 N–H and O–H groups in total. The Morgan fingerprint density at radius 1 is 1.00 bits per heavy atom. The van der Waals surface area contributed by atoms with E-state index in [-0.39, 0.29) is 0 Å². The van der Waals surface area contributed by atoms with Gasteiger partial charge in [-0.3, -0.25) is 0 Å². The summed E-state index contributed by atoms with van der Waals surface area (Å²) in [5, 5.41) is 0. The molecule has 2 aromatic carbocycles. The van der Waals surface area contributed by atoms with E-state index in [1.54, 1.807) is 0 Å². The number of rotatable bonds is 2. The van der Waals surface area contributed by atoms with Crippen molar-refractivity contribution in [2.45, 2.75) is 39.7 Å². The number of aromatic amines is 2. The van der Waals surface area contributed by atoms with E-state index in [0.717, 1.165) is 53.6 Å². The van der Waals surface area contributed by atoms with Gasteiger partial charge in [0.05, 0.1) is 17.6 Å². The summed E-state index contributed by atoms with van der Waals surface area (Å²) in [6, 6.07) is 11.1. The van der Waals surface area contributed by atoms with Gasteiger partial charge in [0.15, 0.2) is 0 Å². The zero-order chi connectivity index (χ0) is 19.5. The van der Waals surface area contributed by atoms with Crippen LogP contribution in [0.2, 0.25) is 0 Å². The lowest BCUT2D eigenvalue weighted by atomic mass is 9.86. The van der Waals surface area contributed by atoms with Gasteiger partial charge in [0, 0.05) is 23.2 Å². The Bertz CT molecular complexity index is 1260. The van der Waals surface area contributed by atoms with Gasteiger partial charge in [0.2, 0.25) is 0 Å². The molecule has 0 saturated carbocycles. The Labute approximate surface area is 169 Å². The number of ether oxygens (including phenoxy) is 1. The third kappa shape index (κ3) is 2.54. The van der Waals surface area contributed by atoms with Crippen molar-refractivity contribution >= 4 is 0 Å². The number of hydrogen-bond acceptors (Lipinski definition) is 3. The SMILES string of the molecule is CCc1nc2c([nH]1)CCc1cc3c(cc1-2)OCc1cc(-c2cnc(C)[nH]2)ccc1-3. The molecule has 5 heteroatoms. The minimum atomic E-state index is 0.579. The average molecular weight is 382 g/mol. The van der Waals surface area contributed by atoms with Gasteiger partial charge in [-0.15, -0.1) is 0 Å². The second-order valence-electron chi connectivity index (χ2n) is 7.91. The lowest BCUT2D eigenvalue weighted by molar-refractivity contribution is 0.302. The number of benzene rings is 2. The van der Waals surface area contributed by atoms with Crippen LogP contribution in [0.25, 0.3) is 33.6 Å². The summed E-state index contributed by atoms with van der Waals surface area (Å²) in [6.07, 6.45) is 4.86. The van der Waals surface area contributed by atoms with Crippen LogP contribution >= 0.6 is 0 Å². The maximum atomic E-state index is 6.20. The van der Waals surface area contributed by atoms with Crippen LogP contribution in [0.5, 0.6) is 5.75 Å². The molecule has 0 amide bonds. The molecule has 0 spiro atoms. The van der Waals surface area contributed by atoms with E-state index in [2.05, 4.69) is 52.2 Å². The quantitative estimate of drug-likeness (QED) is 0.513. The minimum Gasteiger partial charge on any atom is -0.488 e. The highest BCUT2D eigenvalue weighted by atomic mass is 16.5. The van der Waals surface area contributed by atoms with Crippen LogP contribution in [0.4, 0.5) is 0 Å². The van der Waals surface area contributed by atoms with Crippen molar-refractivity contribution in [3.05, 3.63) is 65.0 Å². The van der Waals surface area contributed by atoms with Gasteiger partial charge in [-0.2, -0.15) is 0 Å². The zero-order valence-corrected chi connectivity index (χ0v) is 16.6. The van der Waals surface area contributed by atoms with E-state index in [9.17, 15) is 0 Å². The molecule has 0 saturated heterocycles. The van der Waals surface area contributed by atoms with E-state index in [4.69, 9.17) is 9.72 Å². The Hall–Kier alpha value is -3.34. The summed E-state index contributed by atoms with van der Waals surface area (Å²) in [5.74, 6) is 2.94. The van der Waals surface area contributed by atoms with Gasteiger partial charge < -0.3 is 14.7 Å². The summed E-state index contributed by atoms with van der Waals surface area (Å²) < 4.78 is 6.20. The predicted molar refractivity (Wildman–Crippen MR) is 113 cm³/mol. The number of aromatic nitrogens is 4. The van der Waals surface area contributed by atoms with Gasteiger partial charge in [-0.05, 0) is 60.2 Å². The topological polar surface area (TPSA) is 66.6 Å². The third-order valence-electron chi connectivity index (χ3n) is 6.06. The average Bonchev–Trinajstić information content (AvgIpc) is 3.38. The zero-order valence-electron chi connectivity index (χ0n) is 16.6. The van der Waals surface area contributed by atoms with Crippen molar-refractivity contribution in [1.29, 1.82) is 0 Å². The first kappa shape index (κ1) is 16.6. The number of aryl methyl sites for hydroxylation is 4. The second-order valence-corrected chi connectivity index (χ2v) is 7.91. The van der Waals surface area contributed by atoms with Crippen LogP contribution in [-0.4, -0.2) is 19.9 Å². The number of nitrogens with one attached hydrogen (secondary N) is 2. The van der Waals surface area contributed by atoms with Crippen LogP contribution in [0.3, 0.4) is 0 Å². The highest BCUT2D eigenvalue weighted by Gasteiger charge is 2.25. The molecule has 1 aliphatic carbocycles. The first-order chi connectivity index (χ1) is 14.2. The summed E-state index contributed by atoms with van der Waals surface area (Å²) in [4.78, 5) is 15.9. The predicted octanol–water partition coefficient (Wildman–Crippen LogP) is 5.00. The lowest BCUT2D eigenvalue weighted by Gasteiger charge is -2.25. The molecule has 0 unspecified atom stereocenters. The molecular formula is C24H22N4O. The molecule has 0 atom stereocenters. The van der Waals surface area contributed by atoms with E-state index in [0.29, 0.717) is 6.61 Å². The first-order valence-electron chi connectivity index (χ1n) is 10.2. The number of imidazole rings is 2. The smallest absolute Gasteiger partial charge is 0.128 e. The van der Waals surface area contributed by atoms with Gasteiger partial charge in [-0.25, -0.2) is 9.97 Å². The Morgan fingerprint density at radius 2 is 1.93 bits per heavy atom. The van der Waals surface area contributed by atoms with E-state index < -0.39 is 0 Å². The molecule has 29 heavy (non-hydrogen) atoms. The van der Waals surface area contributed by atoms with E-state index >= 15 is 0 Å². The highest BCUT2D eigenvalue weighted by Crippen LogP contribution is 2.44. The Balaban J connectivity index is 1.45. The molecule has 2 aromatic heterocycles.